The van der Waals surface area contributed by atoms with E-state index in [9.17, 15) is 9.59 Å². The van der Waals surface area contributed by atoms with E-state index in [2.05, 4.69) is 0 Å². The molecule has 1 aromatic rings. The summed E-state index contributed by atoms with van der Waals surface area (Å²) in [5, 5.41) is 0. The molecule has 0 N–H and O–H groups in total. The Morgan fingerprint density at radius 3 is 2.13 bits per heavy atom. The highest BCUT2D eigenvalue weighted by molar-refractivity contribution is 6.36. The van der Waals surface area contributed by atoms with Gasteiger partial charge in [0.15, 0.2) is 12.4 Å². The Hall–Kier alpha value is -1.84. The van der Waals surface area contributed by atoms with Gasteiger partial charge in [0.2, 0.25) is 5.78 Å². The first-order valence-corrected chi connectivity index (χ1v) is 4.44. The molecule has 0 aromatic heterocycles. The molecule has 15 heavy (non-hydrogen) atoms. The predicted octanol–water partition coefficient (Wildman–Crippen LogP) is 1.23. The Morgan fingerprint density at radius 1 is 1.13 bits per heavy atom. The van der Waals surface area contributed by atoms with Crippen LogP contribution in [0.3, 0.4) is 0 Å². The molecule has 0 aliphatic carbocycles. The molecule has 0 bridgehead atoms. The molecule has 0 unspecified atom stereocenters. The standard InChI is InChI=1S/C11H12O4/c1-8(12)11(13)7-15-10-5-3-9(14-2)4-6-10/h3-6H,7H2,1-2H3. The molecule has 1 aromatic carbocycles. The number of hydrogen-bond acceptors (Lipinski definition) is 4. The van der Waals surface area contributed by atoms with E-state index in [0.717, 1.165) is 0 Å². The summed E-state index contributed by atoms with van der Waals surface area (Å²) < 4.78 is 10.1. The van der Waals surface area contributed by atoms with Gasteiger partial charge in [0.25, 0.3) is 0 Å². The lowest BCUT2D eigenvalue weighted by atomic mass is 10.3. The molecule has 0 aliphatic heterocycles. The van der Waals surface area contributed by atoms with Gasteiger partial charge in [-0.1, -0.05) is 0 Å². The van der Waals surface area contributed by atoms with E-state index in [0.29, 0.717) is 11.5 Å². The Labute approximate surface area is 87.8 Å². The summed E-state index contributed by atoms with van der Waals surface area (Å²) in [6, 6.07) is 6.78. The molecule has 0 aliphatic rings. The predicted molar refractivity (Wildman–Crippen MR) is 54.2 cm³/mol. The molecular weight excluding hydrogens is 196 g/mol. The average Bonchev–Trinajstić information content (AvgIpc) is 2.26. The molecule has 4 nitrogen and oxygen atoms in total. The van der Waals surface area contributed by atoms with Crippen molar-refractivity contribution in [1.82, 2.24) is 0 Å². The second-order valence-corrected chi connectivity index (χ2v) is 2.94. The zero-order chi connectivity index (χ0) is 11.3. The lowest BCUT2D eigenvalue weighted by molar-refractivity contribution is -0.136. The zero-order valence-electron chi connectivity index (χ0n) is 8.65. The number of carbonyl (C=O) groups excluding carboxylic acids is 2. The van der Waals surface area contributed by atoms with Crippen LogP contribution in [-0.4, -0.2) is 25.3 Å². The van der Waals surface area contributed by atoms with Crippen LogP contribution in [0.4, 0.5) is 0 Å². The summed E-state index contributed by atoms with van der Waals surface area (Å²) in [6.45, 7) is 1.00. The molecule has 0 saturated carbocycles. The van der Waals surface area contributed by atoms with E-state index in [1.54, 1.807) is 31.4 Å². The van der Waals surface area contributed by atoms with Gasteiger partial charge in [-0.25, -0.2) is 0 Å². The van der Waals surface area contributed by atoms with Crippen molar-refractivity contribution in [2.75, 3.05) is 13.7 Å². The number of Topliss-reactive ketones (excluding diaryl/α,β-unsaturated/α-hetero) is 2. The summed E-state index contributed by atoms with van der Waals surface area (Å²) in [4.78, 5) is 21.6. The molecule has 0 fully saturated rings. The average molecular weight is 208 g/mol. The number of ether oxygens (including phenoxy) is 2. The molecule has 0 amide bonds. The summed E-state index contributed by atoms with van der Waals surface area (Å²) in [5.74, 6) is 0.208. The third-order valence-electron chi connectivity index (χ3n) is 1.82. The molecule has 0 atom stereocenters. The third-order valence-corrected chi connectivity index (χ3v) is 1.82. The summed E-state index contributed by atoms with van der Waals surface area (Å²) in [6.07, 6.45) is 0. The number of benzene rings is 1. The lowest BCUT2D eigenvalue weighted by Crippen LogP contribution is -2.18. The molecule has 1 rings (SSSR count). The van der Waals surface area contributed by atoms with Crippen LogP contribution in [0, 0.1) is 0 Å². The van der Waals surface area contributed by atoms with E-state index in [1.165, 1.54) is 6.92 Å². The highest BCUT2D eigenvalue weighted by Crippen LogP contribution is 2.16. The largest absolute Gasteiger partial charge is 0.497 e. The van der Waals surface area contributed by atoms with Gasteiger partial charge in [-0.2, -0.15) is 0 Å². The van der Waals surface area contributed by atoms with Crippen molar-refractivity contribution in [2.24, 2.45) is 0 Å². The Bertz CT molecular complexity index is 353. The van der Waals surface area contributed by atoms with Crippen LogP contribution in [0.2, 0.25) is 0 Å². The van der Waals surface area contributed by atoms with Gasteiger partial charge in [-0.15, -0.1) is 0 Å². The minimum absolute atomic E-state index is 0.221. The minimum Gasteiger partial charge on any atom is -0.497 e. The first kappa shape index (κ1) is 11.2. The van der Waals surface area contributed by atoms with Gasteiger partial charge < -0.3 is 9.47 Å². The maximum Gasteiger partial charge on any atom is 0.235 e. The second kappa shape index (κ2) is 5.14. The monoisotopic (exact) mass is 208 g/mol. The highest BCUT2D eigenvalue weighted by Gasteiger charge is 2.08. The van der Waals surface area contributed by atoms with Crippen molar-refractivity contribution in [3.63, 3.8) is 0 Å². The first-order chi connectivity index (χ1) is 7.13. The minimum atomic E-state index is -0.536. The van der Waals surface area contributed by atoms with Crippen molar-refractivity contribution in [1.29, 1.82) is 0 Å². The van der Waals surface area contributed by atoms with Crippen LogP contribution in [0.1, 0.15) is 6.92 Å². The summed E-state index contributed by atoms with van der Waals surface area (Å²) in [5.41, 5.74) is 0. The third kappa shape index (κ3) is 3.42. The number of ketones is 2. The van der Waals surface area contributed by atoms with E-state index in [4.69, 9.17) is 9.47 Å². The van der Waals surface area contributed by atoms with Crippen molar-refractivity contribution in [2.45, 2.75) is 6.92 Å². The molecule has 4 heteroatoms. The van der Waals surface area contributed by atoms with Crippen molar-refractivity contribution in [3.05, 3.63) is 24.3 Å². The molecule has 0 heterocycles. The van der Waals surface area contributed by atoms with E-state index < -0.39 is 11.6 Å². The van der Waals surface area contributed by atoms with E-state index in [1.807, 2.05) is 0 Å². The first-order valence-electron chi connectivity index (χ1n) is 4.44. The van der Waals surface area contributed by atoms with Gasteiger partial charge >= 0.3 is 0 Å². The van der Waals surface area contributed by atoms with Gasteiger partial charge in [-0.3, -0.25) is 9.59 Å². The Balaban J connectivity index is 2.51. The summed E-state index contributed by atoms with van der Waals surface area (Å²) in [7, 11) is 1.56. The van der Waals surface area contributed by atoms with E-state index in [-0.39, 0.29) is 6.61 Å². The fraction of sp³-hybridized carbons (Fsp3) is 0.273. The van der Waals surface area contributed by atoms with Crippen LogP contribution < -0.4 is 9.47 Å². The smallest absolute Gasteiger partial charge is 0.235 e. The SMILES string of the molecule is COc1ccc(OCC(=O)C(C)=O)cc1. The summed E-state index contributed by atoms with van der Waals surface area (Å²) >= 11 is 0. The molecule has 0 saturated heterocycles. The van der Waals surface area contributed by atoms with Gasteiger partial charge in [0.1, 0.15) is 11.5 Å². The van der Waals surface area contributed by atoms with E-state index >= 15 is 0 Å². The van der Waals surface area contributed by atoms with Crippen LogP contribution in [0.5, 0.6) is 11.5 Å². The van der Waals surface area contributed by atoms with Crippen LogP contribution in [0.25, 0.3) is 0 Å². The lowest BCUT2D eigenvalue weighted by Gasteiger charge is -2.04. The maximum atomic E-state index is 10.9. The van der Waals surface area contributed by atoms with Crippen molar-refractivity contribution >= 4 is 11.6 Å². The number of methoxy groups -OCH3 is 1. The van der Waals surface area contributed by atoms with Crippen molar-refractivity contribution in [3.8, 4) is 11.5 Å². The fourth-order valence-corrected chi connectivity index (χ4v) is 0.922. The van der Waals surface area contributed by atoms with Crippen molar-refractivity contribution < 1.29 is 19.1 Å². The number of hydrogen-bond donors (Lipinski definition) is 0. The molecule has 80 valence electrons. The molecule has 0 radical (unpaired) electrons. The number of carbonyl (C=O) groups is 2. The Kier molecular flexibility index (Phi) is 3.85. The normalized spacial score (nSPS) is 9.47. The van der Waals surface area contributed by atoms with Gasteiger partial charge in [0, 0.05) is 6.92 Å². The quantitative estimate of drug-likeness (QED) is 0.683. The number of rotatable bonds is 5. The molecular formula is C11H12O4. The van der Waals surface area contributed by atoms with Crippen LogP contribution in [0.15, 0.2) is 24.3 Å². The van der Waals surface area contributed by atoms with Crippen LogP contribution in [-0.2, 0) is 9.59 Å². The maximum absolute atomic E-state index is 10.9. The highest BCUT2D eigenvalue weighted by atomic mass is 16.5. The second-order valence-electron chi connectivity index (χ2n) is 2.94. The van der Waals surface area contributed by atoms with Gasteiger partial charge in [-0.05, 0) is 24.3 Å². The van der Waals surface area contributed by atoms with Gasteiger partial charge in [0.05, 0.1) is 7.11 Å². The topological polar surface area (TPSA) is 52.6 Å². The Morgan fingerprint density at radius 2 is 1.67 bits per heavy atom. The molecule has 0 spiro atoms. The fourth-order valence-electron chi connectivity index (χ4n) is 0.922. The zero-order valence-corrected chi connectivity index (χ0v) is 8.65. The van der Waals surface area contributed by atoms with Crippen LogP contribution >= 0.6 is 0 Å².